The summed E-state index contributed by atoms with van der Waals surface area (Å²) in [5.41, 5.74) is 6.56. The number of ether oxygens (including phenoxy) is 2. The highest BCUT2D eigenvalue weighted by Gasteiger charge is 2.55. The van der Waals surface area contributed by atoms with Gasteiger partial charge in [-0.25, -0.2) is 0 Å². The largest absolute Gasteiger partial charge is 0.497 e. The lowest BCUT2D eigenvalue weighted by molar-refractivity contribution is 0.169. The predicted octanol–water partition coefficient (Wildman–Crippen LogP) is 4.57. The molecular formula is C25H28N4O2. The molecule has 0 saturated heterocycles. The summed E-state index contributed by atoms with van der Waals surface area (Å²) >= 11 is 0. The molecule has 2 N–H and O–H groups in total. The van der Waals surface area contributed by atoms with Crippen LogP contribution in [0.2, 0.25) is 0 Å². The summed E-state index contributed by atoms with van der Waals surface area (Å²) in [4.78, 5) is 0. The summed E-state index contributed by atoms with van der Waals surface area (Å²) < 4.78 is 11.1. The molecule has 0 aliphatic heterocycles. The van der Waals surface area contributed by atoms with E-state index < -0.39 is 11.3 Å². The summed E-state index contributed by atoms with van der Waals surface area (Å²) in [5, 5.41) is 30.4. The van der Waals surface area contributed by atoms with Crippen LogP contribution in [0.5, 0.6) is 11.5 Å². The second-order valence-corrected chi connectivity index (χ2v) is 9.32. The summed E-state index contributed by atoms with van der Waals surface area (Å²) in [6.45, 7) is 6.58. The molecule has 1 unspecified atom stereocenters. The first kappa shape index (κ1) is 22.3. The van der Waals surface area contributed by atoms with Gasteiger partial charge < -0.3 is 15.2 Å². The molecule has 160 valence electrons. The van der Waals surface area contributed by atoms with Crippen molar-refractivity contribution in [3.63, 3.8) is 0 Å². The smallest absolute Gasteiger partial charge is 0.191 e. The van der Waals surface area contributed by atoms with Crippen LogP contribution < -0.4 is 15.2 Å². The van der Waals surface area contributed by atoms with Crippen LogP contribution in [0.15, 0.2) is 41.1 Å². The van der Waals surface area contributed by atoms with Gasteiger partial charge in [-0.15, -0.1) is 0 Å². The van der Waals surface area contributed by atoms with E-state index in [4.69, 9.17) is 15.2 Å². The fraction of sp³-hybridized carbons (Fsp3) is 0.480. The Balaban J connectivity index is 2.37. The van der Waals surface area contributed by atoms with E-state index in [0.717, 1.165) is 18.4 Å². The quantitative estimate of drug-likeness (QED) is 0.771. The highest BCUT2D eigenvalue weighted by molar-refractivity contribution is 5.61. The second kappa shape index (κ2) is 8.01. The Labute approximate surface area is 184 Å². The summed E-state index contributed by atoms with van der Waals surface area (Å²) in [6.07, 6.45) is 3.64. The molecule has 2 aliphatic carbocycles. The summed E-state index contributed by atoms with van der Waals surface area (Å²) in [6, 6.07) is 11.9. The molecule has 6 nitrogen and oxygen atoms in total. The van der Waals surface area contributed by atoms with Crippen molar-refractivity contribution in [2.75, 3.05) is 14.2 Å². The molecule has 31 heavy (non-hydrogen) atoms. The van der Waals surface area contributed by atoms with E-state index in [2.05, 4.69) is 45.1 Å². The van der Waals surface area contributed by atoms with Gasteiger partial charge in [0.25, 0.3) is 0 Å². The van der Waals surface area contributed by atoms with Gasteiger partial charge in [0.05, 0.1) is 37.6 Å². The van der Waals surface area contributed by atoms with E-state index in [0.29, 0.717) is 23.0 Å². The third-order valence-electron chi connectivity index (χ3n) is 6.87. The first-order valence-corrected chi connectivity index (χ1v) is 10.3. The van der Waals surface area contributed by atoms with Crippen molar-refractivity contribution in [3.05, 3.63) is 46.7 Å². The third kappa shape index (κ3) is 3.41. The minimum Gasteiger partial charge on any atom is -0.497 e. The fourth-order valence-electron chi connectivity index (χ4n) is 5.02. The lowest BCUT2D eigenvalue weighted by Crippen LogP contribution is -2.44. The molecular weight excluding hydrogens is 388 g/mol. The van der Waals surface area contributed by atoms with E-state index >= 15 is 0 Å². The van der Waals surface area contributed by atoms with Crippen LogP contribution in [-0.4, -0.2) is 14.2 Å². The minimum atomic E-state index is -1.69. The number of methoxy groups -OCH3 is 2. The number of fused-ring (bicyclic) bond motifs is 1. The topological polar surface area (TPSA) is 116 Å². The van der Waals surface area contributed by atoms with E-state index in [1.807, 2.05) is 6.07 Å². The summed E-state index contributed by atoms with van der Waals surface area (Å²) in [5.74, 6) is 0.671. The molecule has 2 aliphatic rings. The van der Waals surface area contributed by atoms with Crippen molar-refractivity contribution in [2.45, 2.75) is 39.5 Å². The van der Waals surface area contributed by atoms with Crippen molar-refractivity contribution in [1.82, 2.24) is 0 Å². The van der Waals surface area contributed by atoms with Gasteiger partial charge in [0.1, 0.15) is 17.6 Å². The molecule has 1 aromatic carbocycles. The van der Waals surface area contributed by atoms with E-state index in [1.54, 1.807) is 26.4 Å². The zero-order valence-corrected chi connectivity index (χ0v) is 18.7. The first-order valence-electron chi connectivity index (χ1n) is 10.3. The van der Waals surface area contributed by atoms with Gasteiger partial charge in [0.2, 0.25) is 0 Å². The minimum absolute atomic E-state index is 0.0200. The van der Waals surface area contributed by atoms with Crippen LogP contribution in [0.4, 0.5) is 0 Å². The Morgan fingerprint density at radius 2 is 1.77 bits per heavy atom. The summed E-state index contributed by atoms with van der Waals surface area (Å²) in [7, 11) is 3.13. The zero-order chi connectivity index (χ0) is 23.0. The predicted molar refractivity (Wildman–Crippen MR) is 117 cm³/mol. The van der Waals surface area contributed by atoms with Crippen LogP contribution in [0.1, 0.15) is 45.1 Å². The standard InChI is InChI=1S/C25H28N4O2/c1-24(2,3)15-6-8-17-18(10-15)22(19-11-16(30-4)7-9-21(19)31-5)25(13-27,14-28)23(29)20(17)12-26/h7-9,11,15,18,22H,6,10,29H2,1-5H3/t15?,18-,22-/m1/s1. The Bertz CT molecular complexity index is 1060. The van der Waals surface area contributed by atoms with Gasteiger partial charge in [0.15, 0.2) is 5.41 Å². The number of nitriles is 3. The van der Waals surface area contributed by atoms with E-state index in [9.17, 15) is 15.8 Å². The van der Waals surface area contributed by atoms with Crippen molar-refractivity contribution >= 4 is 0 Å². The first-order chi connectivity index (χ1) is 14.7. The molecule has 0 amide bonds. The molecule has 3 rings (SSSR count). The Morgan fingerprint density at radius 3 is 2.29 bits per heavy atom. The second-order valence-electron chi connectivity index (χ2n) is 9.32. The maximum absolute atomic E-state index is 10.3. The molecule has 0 spiro atoms. The molecule has 0 radical (unpaired) electrons. The van der Waals surface area contributed by atoms with Crippen LogP contribution in [0, 0.1) is 56.7 Å². The number of hydrogen-bond donors (Lipinski definition) is 1. The van der Waals surface area contributed by atoms with Gasteiger partial charge >= 0.3 is 0 Å². The molecule has 0 heterocycles. The number of nitrogens with zero attached hydrogens (tertiary/aromatic N) is 3. The van der Waals surface area contributed by atoms with Crippen molar-refractivity contribution in [2.24, 2.45) is 28.4 Å². The highest BCUT2D eigenvalue weighted by Crippen LogP contribution is 2.59. The molecule has 0 bridgehead atoms. The molecule has 1 aromatic rings. The van der Waals surface area contributed by atoms with Gasteiger partial charge in [0, 0.05) is 11.5 Å². The van der Waals surface area contributed by atoms with E-state index in [1.165, 1.54) is 0 Å². The number of rotatable bonds is 3. The van der Waals surface area contributed by atoms with Crippen molar-refractivity contribution < 1.29 is 9.47 Å². The lowest BCUT2D eigenvalue weighted by atomic mass is 9.54. The van der Waals surface area contributed by atoms with Crippen LogP contribution in [0.3, 0.4) is 0 Å². The lowest BCUT2D eigenvalue weighted by Gasteiger charge is -2.47. The molecule has 6 heteroatoms. The zero-order valence-electron chi connectivity index (χ0n) is 18.7. The molecule has 0 saturated carbocycles. The van der Waals surface area contributed by atoms with E-state index in [-0.39, 0.29) is 22.6 Å². The van der Waals surface area contributed by atoms with Gasteiger partial charge in [-0.3, -0.25) is 0 Å². The Morgan fingerprint density at radius 1 is 1.10 bits per heavy atom. The number of hydrogen-bond acceptors (Lipinski definition) is 6. The molecule has 0 fully saturated rings. The highest BCUT2D eigenvalue weighted by atomic mass is 16.5. The fourth-order valence-corrected chi connectivity index (χ4v) is 5.02. The Hall–Kier alpha value is -3.43. The van der Waals surface area contributed by atoms with Crippen LogP contribution in [-0.2, 0) is 0 Å². The maximum atomic E-state index is 10.3. The average molecular weight is 417 g/mol. The monoisotopic (exact) mass is 416 g/mol. The maximum Gasteiger partial charge on any atom is 0.191 e. The SMILES string of the molecule is COc1ccc(OC)c([C@H]2[C@@H]3CC(C(C)(C)C)CC=C3C(C#N)=C(N)C2(C#N)C#N)c1. The molecule has 0 aromatic heterocycles. The number of allylic oxidation sites excluding steroid dienone is 4. The van der Waals surface area contributed by atoms with Crippen molar-refractivity contribution in [1.29, 1.82) is 15.8 Å². The van der Waals surface area contributed by atoms with Crippen LogP contribution >= 0.6 is 0 Å². The van der Waals surface area contributed by atoms with Crippen LogP contribution in [0.25, 0.3) is 0 Å². The number of benzene rings is 1. The number of nitrogens with two attached hydrogens (primary N) is 1. The van der Waals surface area contributed by atoms with Gasteiger partial charge in [-0.05, 0) is 53.9 Å². The third-order valence-corrected chi connectivity index (χ3v) is 6.87. The normalized spacial score (nSPS) is 24.7. The van der Waals surface area contributed by atoms with Gasteiger partial charge in [-0.1, -0.05) is 26.8 Å². The average Bonchev–Trinajstić information content (AvgIpc) is 2.77. The van der Waals surface area contributed by atoms with Gasteiger partial charge in [-0.2, -0.15) is 15.8 Å². The molecule has 3 atom stereocenters. The van der Waals surface area contributed by atoms with Crippen molar-refractivity contribution in [3.8, 4) is 29.7 Å². The Kier molecular flexibility index (Phi) is 5.75.